The highest BCUT2D eigenvalue weighted by Crippen LogP contribution is 2.24. The van der Waals surface area contributed by atoms with Crippen LogP contribution in [0.4, 0.5) is 9.52 Å². The van der Waals surface area contributed by atoms with Gasteiger partial charge in [0.25, 0.3) is 0 Å². The van der Waals surface area contributed by atoms with Crippen molar-refractivity contribution in [3.8, 4) is 0 Å². The Morgan fingerprint density at radius 1 is 1.39 bits per heavy atom. The molecule has 1 saturated heterocycles. The number of hydrogen-bond acceptors (Lipinski definition) is 6. The van der Waals surface area contributed by atoms with E-state index in [9.17, 15) is 14.3 Å². The largest absolute Gasteiger partial charge is 0.391 e. The first-order valence-corrected chi connectivity index (χ1v) is 10.4. The van der Waals surface area contributed by atoms with Gasteiger partial charge in [-0.2, -0.15) is 4.37 Å². The fourth-order valence-electron chi connectivity index (χ4n) is 3.29. The number of benzene rings is 1. The van der Waals surface area contributed by atoms with Gasteiger partial charge in [-0.1, -0.05) is 26.0 Å². The van der Waals surface area contributed by atoms with Crippen molar-refractivity contribution in [1.82, 2.24) is 14.3 Å². The lowest BCUT2D eigenvalue weighted by Crippen LogP contribution is -2.42. The van der Waals surface area contributed by atoms with Crippen molar-refractivity contribution in [2.45, 2.75) is 51.0 Å². The summed E-state index contributed by atoms with van der Waals surface area (Å²) in [7, 11) is 0. The molecule has 1 fully saturated rings. The molecule has 6 nitrogen and oxygen atoms in total. The van der Waals surface area contributed by atoms with E-state index in [-0.39, 0.29) is 17.1 Å². The summed E-state index contributed by atoms with van der Waals surface area (Å²) in [5, 5.41) is 13.7. The van der Waals surface area contributed by atoms with Crippen LogP contribution >= 0.6 is 11.5 Å². The van der Waals surface area contributed by atoms with Crippen LogP contribution < -0.4 is 5.32 Å². The molecule has 0 aliphatic carbocycles. The number of nitrogens with zero attached hydrogens (tertiary/aromatic N) is 3. The molecule has 28 heavy (non-hydrogen) atoms. The highest BCUT2D eigenvalue weighted by molar-refractivity contribution is 7.09. The number of aliphatic hydroxyl groups excluding tert-OH is 1. The molecular weight excluding hydrogens is 379 g/mol. The molecule has 0 bridgehead atoms. The zero-order valence-corrected chi connectivity index (χ0v) is 17.1. The van der Waals surface area contributed by atoms with Gasteiger partial charge in [-0.3, -0.25) is 4.79 Å². The number of amides is 1. The van der Waals surface area contributed by atoms with Gasteiger partial charge in [0.2, 0.25) is 11.0 Å². The van der Waals surface area contributed by atoms with Crippen molar-refractivity contribution >= 4 is 22.6 Å². The van der Waals surface area contributed by atoms with E-state index in [0.29, 0.717) is 43.4 Å². The average molecular weight is 407 g/mol. The zero-order chi connectivity index (χ0) is 20.1. The lowest BCUT2D eigenvalue weighted by atomic mass is 9.85. The van der Waals surface area contributed by atoms with E-state index in [1.807, 2.05) is 0 Å². The van der Waals surface area contributed by atoms with E-state index in [1.165, 1.54) is 23.7 Å². The van der Waals surface area contributed by atoms with E-state index in [4.69, 9.17) is 0 Å². The van der Waals surface area contributed by atoms with Crippen molar-refractivity contribution in [2.24, 2.45) is 0 Å². The summed E-state index contributed by atoms with van der Waals surface area (Å²) in [5.74, 6) is 0.452. The van der Waals surface area contributed by atoms with Gasteiger partial charge in [-0.15, -0.1) is 0 Å². The molecule has 2 heterocycles. The molecule has 1 unspecified atom stereocenters. The molecule has 0 spiro atoms. The van der Waals surface area contributed by atoms with Crippen LogP contribution in [0.25, 0.3) is 0 Å². The third-order valence-electron chi connectivity index (χ3n) is 5.09. The number of piperidine rings is 1. The third kappa shape index (κ3) is 5.48. The first-order chi connectivity index (χ1) is 13.3. The second-order valence-corrected chi connectivity index (χ2v) is 8.65. The lowest BCUT2D eigenvalue weighted by Gasteiger charge is -2.30. The van der Waals surface area contributed by atoms with Gasteiger partial charge >= 0.3 is 0 Å². The van der Waals surface area contributed by atoms with E-state index in [1.54, 1.807) is 17.0 Å². The lowest BCUT2D eigenvalue weighted by molar-refractivity contribution is -0.134. The van der Waals surface area contributed by atoms with Gasteiger partial charge in [-0.05, 0) is 30.5 Å². The zero-order valence-electron chi connectivity index (χ0n) is 16.3. The fourth-order valence-corrected chi connectivity index (χ4v) is 3.89. The first-order valence-electron chi connectivity index (χ1n) is 9.62. The molecule has 8 heteroatoms. The topological polar surface area (TPSA) is 78.4 Å². The second kappa shape index (κ2) is 8.96. The van der Waals surface area contributed by atoms with Crippen LogP contribution in [-0.2, 0) is 16.6 Å². The van der Waals surface area contributed by atoms with Crippen molar-refractivity contribution in [3.05, 3.63) is 41.5 Å². The minimum absolute atomic E-state index is 0.0421. The summed E-state index contributed by atoms with van der Waals surface area (Å²) in [6, 6.07) is 6.54. The second-order valence-electron chi connectivity index (χ2n) is 7.90. The van der Waals surface area contributed by atoms with Crippen LogP contribution in [0, 0.1) is 5.82 Å². The van der Waals surface area contributed by atoms with Gasteiger partial charge in [0, 0.05) is 49.4 Å². The van der Waals surface area contributed by atoms with Gasteiger partial charge in [0.15, 0.2) is 0 Å². The van der Waals surface area contributed by atoms with Crippen LogP contribution in [0.2, 0.25) is 0 Å². The normalized spacial score (nSPS) is 17.6. The predicted molar refractivity (Wildman–Crippen MR) is 108 cm³/mol. The molecule has 1 amide bonds. The summed E-state index contributed by atoms with van der Waals surface area (Å²) < 4.78 is 17.5. The average Bonchev–Trinajstić information content (AvgIpc) is 3.13. The van der Waals surface area contributed by atoms with Crippen molar-refractivity contribution in [2.75, 3.05) is 25.0 Å². The van der Waals surface area contributed by atoms with Gasteiger partial charge in [0.05, 0.1) is 6.10 Å². The Balaban J connectivity index is 1.48. The van der Waals surface area contributed by atoms with E-state index in [0.717, 1.165) is 18.4 Å². The van der Waals surface area contributed by atoms with Gasteiger partial charge in [-0.25, -0.2) is 9.37 Å². The van der Waals surface area contributed by atoms with Gasteiger partial charge in [0.1, 0.15) is 11.6 Å². The quantitative estimate of drug-likeness (QED) is 0.739. The molecule has 1 aliphatic heterocycles. The summed E-state index contributed by atoms with van der Waals surface area (Å²) in [5.41, 5.74) is 0.852. The number of β-amino-alcohol motifs (C(OH)–C–C–N with tert-alkyl or cyclic N) is 1. The fraction of sp³-hybridized carbons (Fsp3) is 0.550. The van der Waals surface area contributed by atoms with Crippen LogP contribution in [0.15, 0.2) is 24.3 Å². The van der Waals surface area contributed by atoms with Crippen molar-refractivity contribution in [1.29, 1.82) is 0 Å². The minimum atomic E-state index is -0.407. The standard InChI is InChI=1S/C20H27FN4O2S/c1-20(2,14-5-7-15(21)8-6-14)13-22-19-23-17(24-28-19)9-10-18(27)25-11-3-4-16(26)12-25/h5-8,16,26H,3-4,9-13H2,1-2H3,(H,22,23,24). The number of carbonyl (C=O) groups excluding carboxylic acids is 1. The van der Waals surface area contributed by atoms with Crippen LogP contribution in [0.1, 0.15) is 44.5 Å². The number of carbonyl (C=O) groups is 1. The molecule has 1 aromatic heterocycles. The van der Waals surface area contributed by atoms with Gasteiger partial charge < -0.3 is 15.3 Å². The Bertz CT molecular complexity index is 794. The maximum atomic E-state index is 13.1. The number of halogens is 1. The van der Waals surface area contributed by atoms with Crippen LogP contribution in [0.5, 0.6) is 0 Å². The number of likely N-dealkylation sites (tertiary alicyclic amines) is 1. The number of aromatic nitrogens is 2. The van der Waals surface area contributed by atoms with E-state index in [2.05, 4.69) is 28.5 Å². The molecule has 0 radical (unpaired) electrons. The summed E-state index contributed by atoms with van der Waals surface area (Å²) >= 11 is 1.28. The Hall–Kier alpha value is -2.06. The highest BCUT2D eigenvalue weighted by Gasteiger charge is 2.23. The molecular formula is C20H27FN4O2S. The molecule has 2 aromatic rings. The first kappa shape index (κ1) is 20.7. The molecule has 1 aromatic carbocycles. The summed E-state index contributed by atoms with van der Waals surface area (Å²) in [6.45, 7) is 5.94. The number of nitrogens with one attached hydrogen (secondary N) is 1. The summed E-state index contributed by atoms with van der Waals surface area (Å²) in [4.78, 5) is 18.5. The number of hydrogen-bond donors (Lipinski definition) is 2. The Morgan fingerprint density at radius 3 is 2.86 bits per heavy atom. The molecule has 2 N–H and O–H groups in total. The Kier molecular flexibility index (Phi) is 6.61. The van der Waals surface area contributed by atoms with E-state index < -0.39 is 6.10 Å². The predicted octanol–water partition coefficient (Wildman–Crippen LogP) is 2.98. The Labute approximate surface area is 169 Å². The van der Waals surface area contributed by atoms with Crippen molar-refractivity contribution < 1.29 is 14.3 Å². The number of rotatable bonds is 7. The highest BCUT2D eigenvalue weighted by atomic mass is 32.1. The number of aryl methyl sites for hydroxylation is 1. The monoisotopic (exact) mass is 406 g/mol. The molecule has 3 rings (SSSR count). The maximum absolute atomic E-state index is 13.1. The molecule has 0 saturated carbocycles. The molecule has 152 valence electrons. The number of anilines is 1. The maximum Gasteiger partial charge on any atom is 0.223 e. The SMILES string of the molecule is CC(C)(CNc1nc(CCC(=O)N2CCCC(O)C2)ns1)c1ccc(F)cc1. The van der Waals surface area contributed by atoms with Crippen molar-refractivity contribution in [3.63, 3.8) is 0 Å². The summed E-state index contributed by atoms with van der Waals surface area (Å²) in [6.07, 6.45) is 2.05. The van der Waals surface area contributed by atoms with Crippen LogP contribution in [0.3, 0.4) is 0 Å². The van der Waals surface area contributed by atoms with Crippen LogP contribution in [-0.4, -0.2) is 51.0 Å². The molecule has 1 aliphatic rings. The third-order valence-corrected chi connectivity index (χ3v) is 5.80. The Morgan fingerprint density at radius 2 is 2.14 bits per heavy atom. The number of aliphatic hydroxyl groups is 1. The smallest absolute Gasteiger partial charge is 0.223 e. The minimum Gasteiger partial charge on any atom is -0.391 e. The molecule has 1 atom stereocenters. The van der Waals surface area contributed by atoms with E-state index >= 15 is 0 Å².